The number of ketones is 1. The zero-order valence-electron chi connectivity index (χ0n) is 14.3. The fraction of sp³-hybridized carbons (Fsp3) is 0.812. The smallest absolute Gasteiger partial charge is 0.265 e. The van der Waals surface area contributed by atoms with E-state index in [1.165, 1.54) is 6.08 Å². The molecular weight excluding hydrogens is 302 g/mol. The van der Waals surface area contributed by atoms with E-state index in [9.17, 15) is 13.2 Å². The first-order chi connectivity index (χ1) is 10.2. The molecule has 0 fully saturated rings. The number of rotatable bonds is 13. The van der Waals surface area contributed by atoms with Gasteiger partial charge in [-0.3, -0.25) is 9.35 Å². The number of unbranched alkanes of at least 4 members (excludes halogenated alkanes) is 2. The minimum Gasteiger partial charge on any atom is -0.315 e. The van der Waals surface area contributed by atoms with Crippen LogP contribution in [0.1, 0.15) is 52.9 Å². The SMILES string of the molecule is C=CC(=O)C(C)[N+](CCCC)(CCCC)CCCS(=O)(=O)O. The lowest BCUT2D eigenvalue weighted by Gasteiger charge is -2.43. The molecule has 22 heavy (non-hydrogen) atoms. The van der Waals surface area contributed by atoms with Crippen molar-refractivity contribution in [2.45, 2.75) is 58.9 Å². The summed E-state index contributed by atoms with van der Waals surface area (Å²) >= 11 is 0. The Kier molecular flexibility index (Phi) is 9.80. The van der Waals surface area contributed by atoms with Gasteiger partial charge in [-0.05, 0) is 25.8 Å². The van der Waals surface area contributed by atoms with Crippen molar-refractivity contribution in [2.75, 3.05) is 25.4 Å². The molecule has 0 bridgehead atoms. The first kappa shape index (κ1) is 21.3. The summed E-state index contributed by atoms with van der Waals surface area (Å²) in [6, 6.07) is -0.225. The van der Waals surface area contributed by atoms with Gasteiger partial charge in [0.25, 0.3) is 10.1 Å². The van der Waals surface area contributed by atoms with Crippen molar-refractivity contribution < 1.29 is 22.2 Å². The number of carbonyl (C=O) groups is 1. The Balaban J connectivity index is 5.23. The molecule has 1 atom stereocenters. The minimum atomic E-state index is -3.95. The Labute approximate surface area is 135 Å². The van der Waals surface area contributed by atoms with Crippen molar-refractivity contribution in [3.05, 3.63) is 12.7 Å². The molecule has 0 saturated heterocycles. The Bertz CT molecular complexity index is 437. The molecule has 0 heterocycles. The quantitative estimate of drug-likeness (QED) is 0.319. The fourth-order valence-corrected chi connectivity index (χ4v) is 3.36. The van der Waals surface area contributed by atoms with Crippen LogP contribution in [0.15, 0.2) is 12.7 Å². The lowest BCUT2D eigenvalue weighted by atomic mass is 10.0. The van der Waals surface area contributed by atoms with Crippen LogP contribution in [-0.4, -0.2) is 54.7 Å². The van der Waals surface area contributed by atoms with Crippen LogP contribution >= 0.6 is 0 Å². The van der Waals surface area contributed by atoms with Crippen LogP contribution in [-0.2, 0) is 14.9 Å². The molecule has 0 aliphatic heterocycles. The van der Waals surface area contributed by atoms with E-state index in [0.29, 0.717) is 17.4 Å². The molecule has 0 rings (SSSR count). The summed E-state index contributed by atoms with van der Waals surface area (Å²) in [5, 5.41) is 0. The van der Waals surface area contributed by atoms with Crippen molar-refractivity contribution in [1.29, 1.82) is 0 Å². The molecule has 0 aromatic rings. The Morgan fingerprint density at radius 1 is 1.14 bits per heavy atom. The van der Waals surface area contributed by atoms with Crippen LogP contribution in [0.5, 0.6) is 0 Å². The summed E-state index contributed by atoms with van der Waals surface area (Å²) in [6.45, 7) is 12.0. The number of hydrogen-bond donors (Lipinski definition) is 1. The second-order valence-corrected chi connectivity index (χ2v) is 7.59. The van der Waals surface area contributed by atoms with Crippen molar-refractivity contribution in [2.24, 2.45) is 0 Å². The van der Waals surface area contributed by atoms with Gasteiger partial charge in [0.05, 0.1) is 25.4 Å². The van der Waals surface area contributed by atoms with Gasteiger partial charge in [0.1, 0.15) is 6.04 Å². The van der Waals surface area contributed by atoms with E-state index >= 15 is 0 Å². The van der Waals surface area contributed by atoms with Crippen molar-refractivity contribution in [1.82, 2.24) is 0 Å². The van der Waals surface area contributed by atoms with Crippen LogP contribution in [0.3, 0.4) is 0 Å². The molecule has 5 nitrogen and oxygen atoms in total. The Morgan fingerprint density at radius 3 is 1.95 bits per heavy atom. The summed E-state index contributed by atoms with van der Waals surface area (Å²) in [4.78, 5) is 12.1. The van der Waals surface area contributed by atoms with Gasteiger partial charge in [0.15, 0.2) is 0 Å². The first-order valence-corrected chi connectivity index (χ1v) is 9.80. The average Bonchev–Trinajstić information content (AvgIpc) is 2.46. The molecule has 0 aliphatic rings. The van der Waals surface area contributed by atoms with E-state index in [2.05, 4.69) is 20.4 Å². The number of hydrogen-bond acceptors (Lipinski definition) is 3. The second kappa shape index (κ2) is 10.1. The van der Waals surface area contributed by atoms with Crippen LogP contribution in [0.4, 0.5) is 0 Å². The first-order valence-electron chi connectivity index (χ1n) is 8.19. The molecule has 0 amide bonds. The van der Waals surface area contributed by atoms with E-state index in [4.69, 9.17) is 4.55 Å². The molecule has 1 unspecified atom stereocenters. The fourth-order valence-electron chi connectivity index (χ4n) is 2.86. The van der Waals surface area contributed by atoms with Gasteiger partial charge in [-0.25, -0.2) is 0 Å². The third-order valence-electron chi connectivity index (χ3n) is 4.35. The maximum Gasteiger partial charge on any atom is 0.265 e. The van der Waals surface area contributed by atoms with Gasteiger partial charge in [-0.2, -0.15) is 8.42 Å². The summed E-state index contributed by atoms with van der Waals surface area (Å²) in [5.74, 6) is -0.251. The predicted molar refractivity (Wildman–Crippen MR) is 90.4 cm³/mol. The predicted octanol–water partition coefficient (Wildman–Crippen LogP) is 2.82. The van der Waals surface area contributed by atoms with Crippen molar-refractivity contribution in [3.8, 4) is 0 Å². The van der Waals surface area contributed by atoms with Gasteiger partial charge in [0.2, 0.25) is 5.78 Å². The molecule has 0 radical (unpaired) electrons. The maximum absolute atomic E-state index is 12.1. The lowest BCUT2D eigenvalue weighted by molar-refractivity contribution is -0.941. The van der Waals surface area contributed by atoms with E-state index in [-0.39, 0.29) is 17.6 Å². The Hall–Kier alpha value is -0.720. The molecule has 0 aromatic carbocycles. The van der Waals surface area contributed by atoms with E-state index in [1.54, 1.807) is 0 Å². The zero-order chi connectivity index (χ0) is 17.2. The monoisotopic (exact) mass is 334 g/mol. The van der Waals surface area contributed by atoms with Gasteiger partial charge in [-0.15, -0.1) is 0 Å². The molecular formula is C16H32NO4S+. The van der Waals surface area contributed by atoms with E-state index in [0.717, 1.165) is 38.8 Å². The highest BCUT2D eigenvalue weighted by atomic mass is 32.2. The number of quaternary nitrogens is 1. The normalized spacial score (nSPS) is 13.8. The molecule has 0 saturated carbocycles. The molecule has 0 aromatic heterocycles. The second-order valence-electron chi connectivity index (χ2n) is 6.02. The van der Waals surface area contributed by atoms with Crippen LogP contribution < -0.4 is 0 Å². The minimum absolute atomic E-state index is 0.000869. The number of nitrogens with zero attached hydrogens (tertiary/aromatic N) is 1. The van der Waals surface area contributed by atoms with Crippen molar-refractivity contribution in [3.63, 3.8) is 0 Å². The Morgan fingerprint density at radius 2 is 1.59 bits per heavy atom. The summed E-state index contributed by atoms with van der Waals surface area (Å²) in [7, 11) is -3.95. The highest BCUT2D eigenvalue weighted by Gasteiger charge is 2.36. The highest BCUT2D eigenvalue weighted by Crippen LogP contribution is 2.20. The maximum atomic E-state index is 12.1. The largest absolute Gasteiger partial charge is 0.315 e. The topological polar surface area (TPSA) is 71.4 Å². The van der Waals surface area contributed by atoms with Gasteiger partial charge < -0.3 is 4.48 Å². The molecule has 6 heteroatoms. The molecule has 0 spiro atoms. The zero-order valence-corrected chi connectivity index (χ0v) is 15.1. The van der Waals surface area contributed by atoms with Gasteiger partial charge in [0, 0.05) is 6.42 Å². The van der Waals surface area contributed by atoms with Crippen LogP contribution in [0.2, 0.25) is 0 Å². The summed E-state index contributed by atoms with van der Waals surface area (Å²) < 4.78 is 31.5. The van der Waals surface area contributed by atoms with Crippen LogP contribution in [0.25, 0.3) is 0 Å². The summed E-state index contributed by atoms with van der Waals surface area (Å²) in [6.07, 6.45) is 5.76. The standard InChI is InChI=1S/C16H31NO4S/c1-5-8-11-17(12-9-6-2,15(4)16(18)7-3)13-10-14-22(19,20)21/h7,15H,3,5-6,8-14H2,1-2,4H3/p+1. The van der Waals surface area contributed by atoms with E-state index in [1.807, 2.05) is 6.92 Å². The van der Waals surface area contributed by atoms with Crippen molar-refractivity contribution >= 4 is 15.9 Å². The van der Waals surface area contributed by atoms with Gasteiger partial charge >= 0.3 is 0 Å². The average molecular weight is 335 g/mol. The third-order valence-corrected chi connectivity index (χ3v) is 5.16. The van der Waals surface area contributed by atoms with Crippen LogP contribution in [0, 0.1) is 0 Å². The molecule has 1 N–H and O–H groups in total. The highest BCUT2D eigenvalue weighted by molar-refractivity contribution is 7.85. The molecule has 130 valence electrons. The van der Waals surface area contributed by atoms with E-state index < -0.39 is 10.1 Å². The third kappa shape index (κ3) is 7.51. The van der Waals surface area contributed by atoms with Gasteiger partial charge in [-0.1, -0.05) is 33.3 Å². The lowest BCUT2D eigenvalue weighted by Crippen LogP contribution is -2.58. The molecule has 0 aliphatic carbocycles. The number of carbonyl (C=O) groups excluding carboxylic acids is 1. The summed E-state index contributed by atoms with van der Waals surface area (Å²) in [5.41, 5.74) is 0.